The van der Waals surface area contributed by atoms with Crippen molar-refractivity contribution in [2.24, 2.45) is 5.92 Å². The molecule has 450 valence electrons. The number of rotatable bonds is 22. The van der Waals surface area contributed by atoms with Gasteiger partial charge < -0.3 is 53.2 Å². The predicted octanol–water partition coefficient (Wildman–Crippen LogP) is 10.5. The Hall–Kier alpha value is -10.3. The van der Waals surface area contributed by atoms with Gasteiger partial charge in [0.2, 0.25) is 17.6 Å². The number of phenolic OH excluding ortho intramolecular Hbond substituents is 3. The van der Waals surface area contributed by atoms with E-state index < -0.39 is 17.9 Å². The van der Waals surface area contributed by atoms with Crippen molar-refractivity contribution >= 4 is 17.9 Å². The first-order chi connectivity index (χ1) is 41.6. The minimum atomic E-state index is -0.529. The van der Waals surface area contributed by atoms with Crippen molar-refractivity contribution in [2.45, 2.75) is 55.4 Å². The van der Waals surface area contributed by atoms with Crippen LogP contribution in [0.25, 0.3) is 51.2 Å². The highest BCUT2D eigenvalue weighted by atomic mass is 16.6. The highest BCUT2D eigenvalue weighted by Crippen LogP contribution is 2.35. The second-order valence-electron chi connectivity index (χ2n) is 18.9. The number of para-hydroxylation sites is 2. The number of hydrogen-bond acceptors (Lipinski definition) is 20. The lowest BCUT2D eigenvalue weighted by molar-refractivity contribution is 0.0509. The van der Waals surface area contributed by atoms with E-state index in [0.717, 1.165) is 11.1 Å². The normalized spacial score (nSPS) is 10.7. The van der Waals surface area contributed by atoms with Crippen molar-refractivity contribution in [3.63, 3.8) is 0 Å². The highest BCUT2D eigenvalue weighted by Gasteiger charge is 2.26. The second-order valence-corrected chi connectivity index (χ2v) is 18.9. The molecule has 0 amide bonds. The molecule has 0 saturated heterocycles. The third-order valence-electron chi connectivity index (χ3n) is 12.4. The number of carbonyl (C=O) groups is 3. The van der Waals surface area contributed by atoms with Crippen LogP contribution in [0.1, 0.15) is 83.7 Å². The number of benzene rings is 3. The van der Waals surface area contributed by atoms with Gasteiger partial charge in [-0.2, -0.15) is 29.3 Å². The molecule has 0 bridgehead atoms. The lowest BCUT2D eigenvalue weighted by Crippen LogP contribution is -2.13. The van der Waals surface area contributed by atoms with Gasteiger partial charge in [-0.05, 0) is 125 Å². The molecule has 0 aliphatic carbocycles. The summed E-state index contributed by atoms with van der Waals surface area (Å²) in [6, 6.07) is 31.8. The number of phenols is 3. The molecular weight excluding hydrogens is 1110 g/mol. The fraction of sp³-hybridized carbons (Fsp3) is 0.286. The van der Waals surface area contributed by atoms with Gasteiger partial charge in [-0.25, -0.2) is 29.3 Å². The van der Waals surface area contributed by atoms with Crippen LogP contribution in [-0.2, 0) is 18.9 Å². The maximum atomic E-state index is 12.3. The Kier molecular flexibility index (Phi) is 22.3. The Bertz CT molecular complexity index is 3760. The zero-order valence-corrected chi connectivity index (χ0v) is 49.5. The highest BCUT2D eigenvalue weighted by molar-refractivity contribution is 5.93. The van der Waals surface area contributed by atoms with E-state index in [9.17, 15) is 29.7 Å². The van der Waals surface area contributed by atoms with Crippen LogP contribution < -0.4 is 18.9 Å². The molecule has 0 saturated carbocycles. The molecule has 9 rings (SSSR count). The number of pyridine rings is 3. The quantitative estimate of drug-likeness (QED) is 0.0323. The molecule has 0 radical (unpaired) electrons. The van der Waals surface area contributed by atoms with Gasteiger partial charge in [0.25, 0.3) is 0 Å². The molecule has 6 heterocycles. The smallest absolute Gasteiger partial charge is 0.345 e. The van der Waals surface area contributed by atoms with Crippen molar-refractivity contribution in [3.05, 3.63) is 156 Å². The largest absolute Gasteiger partial charge is 0.507 e. The molecule has 0 unspecified atom stereocenters. The molecule has 23 heteroatoms. The van der Waals surface area contributed by atoms with Crippen LogP contribution in [0.4, 0.5) is 0 Å². The molecule has 23 nitrogen and oxygen atoms in total. The van der Waals surface area contributed by atoms with Crippen molar-refractivity contribution in [2.75, 3.05) is 60.5 Å². The van der Waals surface area contributed by atoms with Gasteiger partial charge >= 0.3 is 17.9 Å². The summed E-state index contributed by atoms with van der Waals surface area (Å²) in [5, 5.41) is 43.8. The summed E-state index contributed by atoms with van der Waals surface area (Å²) in [6.45, 7) is 16.8. The summed E-state index contributed by atoms with van der Waals surface area (Å²) in [5.74, 6) is 1.83. The van der Waals surface area contributed by atoms with Crippen molar-refractivity contribution in [1.29, 1.82) is 0 Å². The Morgan fingerprint density at radius 2 is 0.895 bits per heavy atom. The van der Waals surface area contributed by atoms with Gasteiger partial charge in [0.15, 0.2) is 17.5 Å². The predicted molar refractivity (Wildman–Crippen MR) is 318 cm³/mol. The van der Waals surface area contributed by atoms with E-state index in [4.69, 9.17) is 37.9 Å². The van der Waals surface area contributed by atoms with Gasteiger partial charge in [0.05, 0.1) is 82.4 Å². The minimum Gasteiger partial charge on any atom is -0.507 e. The van der Waals surface area contributed by atoms with E-state index in [1.54, 1.807) is 108 Å². The van der Waals surface area contributed by atoms with Crippen LogP contribution in [0.5, 0.6) is 40.6 Å². The summed E-state index contributed by atoms with van der Waals surface area (Å²) in [5.41, 5.74) is 5.60. The van der Waals surface area contributed by atoms with E-state index in [0.29, 0.717) is 76.8 Å². The number of carbonyl (C=O) groups excluding carboxylic acids is 3. The fourth-order valence-electron chi connectivity index (χ4n) is 8.22. The van der Waals surface area contributed by atoms with Gasteiger partial charge in [-0.15, -0.1) is 0 Å². The molecule has 9 aromatic rings. The van der Waals surface area contributed by atoms with Gasteiger partial charge in [0.1, 0.15) is 46.3 Å². The summed E-state index contributed by atoms with van der Waals surface area (Å²) in [6.07, 6.45) is 4.20. The number of aromatic nitrogens is 9. The molecule has 86 heavy (non-hydrogen) atoms. The SMILES string of the molecule is CCOC(=O)c1cnn(-c2cccc(-c3cc(OC)ccc3O)n2)c1OCC.CCOC(=O)c1cnn(-c2cccc(-c3cccc(C)c3O)n2)c1OCC(C)C.CCOC(=O)c1cnn(-c2cccc(-c3cccc(C)c3O)n2)c1OCCOC. The Balaban J connectivity index is 0.000000185. The van der Waals surface area contributed by atoms with E-state index in [2.05, 4.69) is 30.2 Å². The van der Waals surface area contributed by atoms with Crippen LogP contribution in [0, 0.1) is 19.8 Å². The van der Waals surface area contributed by atoms with Gasteiger partial charge in [-0.1, -0.05) is 56.3 Å². The molecule has 0 fully saturated rings. The number of aromatic hydroxyl groups is 3. The molecule has 3 aromatic carbocycles. The first kappa shape index (κ1) is 63.3. The molecular formula is C63H69N9O14. The Morgan fingerprint density at radius 1 is 0.488 bits per heavy atom. The van der Waals surface area contributed by atoms with Crippen LogP contribution in [-0.4, -0.2) is 138 Å². The minimum absolute atomic E-state index is 0.0724. The summed E-state index contributed by atoms with van der Waals surface area (Å²) >= 11 is 0. The third kappa shape index (κ3) is 15.3. The first-order valence-corrected chi connectivity index (χ1v) is 27.6. The van der Waals surface area contributed by atoms with E-state index in [-0.39, 0.29) is 83.9 Å². The molecule has 3 N–H and O–H groups in total. The van der Waals surface area contributed by atoms with Crippen molar-refractivity contribution in [3.8, 4) is 91.9 Å². The molecule has 6 aromatic heterocycles. The number of aryl methyl sites for hydroxylation is 2. The summed E-state index contributed by atoms with van der Waals surface area (Å²) in [4.78, 5) is 50.5. The van der Waals surface area contributed by atoms with Crippen LogP contribution >= 0.6 is 0 Å². The first-order valence-electron chi connectivity index (χ1n) is 27.6. The number of ether oxygens (including phenoxy) is 8. The summed E-state index contributed by atoms with van der Waals surface area (Å²) < 4.78 is 47.1. The lowest BCUT2D eigenvalue weighted by atomic mass is 10.1. The molecule has 0 aliphatic rings. The topological polar surface area (TPSA) is 278 Å². The average Bonchev–Trinajstić information content (AvgIpc) is 2.90. The molecule has 0 spiro atoms. The third-order valence-corrected chi connectivity index (χ3v) is 12.4. The van der Waals surface area contributed by atoms with Crippen molar-refractivity contribution < 1.29 is 67.6 Å². The zero-order chi connectivity index (χ0) is 61.9. The second kappa shape index (κ2) is 30.3. The Labute approximate surface area is 497 Å². The molecule has 0 atom stereocenters. The average molecular weight is 1180 g/mol. The Morgan fingerprint density at radius 3 is 1.29 bits per heavy atom. The zero-order valence-electron chi connectivity index (χ0n) is 49.5. The van der Waals surface area contributed by atoms with Gasteiger partial charge in [0, 0.05) is 23.8 Å². The standard InChI is InChI=1S/C22H25N3O4.C21H23N3O5.C20H21N3O5/c1-5-28-22(27)17-12-23-25(21(17)29-13-14(2)3)19-11-7-10-18(24-19)16-9-6-8-15(4)20(16)26;1-4-28-21(26)16-13-22-24(20(16)29-12-11-27-3)18-10-6-9-17(23-18)15-8-5-7-14(2)19(15)25;1-4-27-19-15(20(25)28-5-2)12-21-23(19)18-8-6-7-16(22-18)14-11-13(26-3)9-10-17(14)24/h6-12,14,26H,5,13H2,1-4H3;5-10,13,25H,4,11-12H2,1-3H3;6-12,24H,4-5H2,1-3H3. The lowest BCUT2D eigenvalue weighted by Gasteiger charge is -2.13. The number of methoxy groups -OCH3 is 2. The van der Waals surface area contributed by atoms with E-state index in [1.165, 1.54) is 32.6 Å². The van der Waals surface area contributed by atoms with Gasteiger partial charge in [-0.3, -0.25) is 0 Å². The fourth-order valence-corrected chi connectivity index (χ4v) is 8.22. The van der Waals surface area contributed by atoms with Crippen molar-refractivity contribution in [1.82, 2.24) is 44.3 Å². The number of esters is 3. The summed E-state index contributed by atoms with van der Waals surface area (Å²) in [7, 11) is 3.11. The van der Waals surface area contributed by atoms with Crippen LogP contribution in [0.2, 0.25) is 0 Å². The molecule has 0 aliphatic heterocycles. The maximum Gasteiger partial charge on any atom is 0.345 e. The van der Waals surface area contributed by atoms with Crippen LogP contribution in [0.3, 0.4) is 0 Å². The monoisotopic (exact) mass is 1180 g/mol. The number of hydrogen-bond donors (Lipinski definition) is 3. The van der Waals surface area contributed by atoms with Crippen LogP contribution in [0.15, 0.2) is 128 Å². The van der Waals surface area contributed by atoms with E-state index >= 15 is 0 Å². The van der Waals surface area contributed by atoms with E-state index in [1.807, 2.05) is 71.0 Å². The number of nitrogens with zero attached hydrogens (tertiary/aromatic N) is 9. The maximum absolute atomic E-state index is 12.3.